The number of nitrogens with one attached hydrogen (secondary N) is 3. The number of urea groups is 1. The molecule has 1 heterocycles. The lowest BCUT2D eigenvalue weighted by Crippen LogP contribution is -2.58. The highest BCUT2D eigenvalue weighted by molar-refractivity contribution is 6.10. The Labute approximate surface area is 169 Å². The van der Waals surface area contributed by atoms with Crippen molar-refractivity contribution in [1.82, 2.24) is 10.6 Å². The van der Waals surface area contributed by atoms with Gasteiger partial charge < -0.3 is 21.1 Å². The Morgan fingerprint density at radius 1 is 1.14 bits per heavy atom. The predicted molar refractivity (Wildman–Crippen MR) is 109 cm³/mol. The maximum absolute atomic E-state index is 12.9. The molecular formula is C20H28N4O5. The molecule has 158 valence electrons. The molecule has 0 saturated carbocycles. The summed E-state index contributed by atoms with van der Waals surface area (Å²) in [7, 11) is 0. The highest BCUT2D eigenvalue weighted by Crippen LogP contribution is 2.29. The van der Waals surface area contributed by atoms with Crippen LogP contribution >= 0.6 is 0 Å². The first-order chi connectivity index (χ1) is 13.6. The zero-order chi connectivity index (χ0) is 21.7. The largest absolute Gasteiger partial charge is 0.480 e. The summed E-state index contributed by atoms with van der Waals surface area (Å²) in [5.41, 5.74) is 1.03. The normalized spacial score (nSPS) is 16.3. The number of carboxylic acid groups (broad SMARTS) is 1. The molecule has 3 atom stereocenters. The van der Waals surface area contributed by atoms with Crippen LogP contribution in [0, 0.1) is 11.8 Å². The summed E-state index contributed by atoms with van der Waals surface area (Å²) in [6.45, 7) is 6.88. The number of amides is 4. The fourth-order valence-corrected chi connectivity index (χ4v) is 3.08. The minimum absolute atomic E-state index is 0.179. The van der Waals surface area contributed by atoms with Crippen LogP contribution < -0.4 is 20.9 Å². The molecule has 9 heteroatoms. The average Bonchev–Trinajstić information content (AvgIpc) is 2.67. The zero-order valence-corrected chi connectivity index (χ0v) is 17.1. The smallest absolute Gasteiger partial charge is 0.326 e. The van der Waals surface area contributed by atoms with Gasteiger partial charge in [0.15, 0.2) is 0 Å². The Bertz CT molecular complexity index is 795. The van der Waals surface area contributed by atoms with Gasteiger partial charge in [0, 0.05) is 0 Å². The van der Waals surface area contributed by atoms with Crippen molar-refractivity contribution < 1.29 is 24.3 Å². The highest BCUT2D eigenvalue weighted by Gasteiger charge is 2.34. The third-order valence-corrected chi connectivity index (χ3v) is 5.02. The number of anilines is 2. The first-order valence-electron chi connectivity index (χ1n) is 9.65. The number of para-hydroxylation sites is 2. The summed E-state index contributed by atoms with van der Waals surface area (Å²) in [5, 5.41) is 17.2. The van der Waals surface area contributed by atoms with Crippen molar-refractivity contribution in [2.75, 3.05) is 16.8 Å². The minimum Gasteiger partial charge on any atom is -0.480 e. The molecule has 0 bridgehead atoms. The maximum Gasteiger partial charge on any atom is 0.326 e. The lowest BCUT2D eigenvalue weighted by Gasteiger charge is -2.32. The van der Waals surface area contributed by atoms with E-state index >= 15 is 0 Å². The fraction of sp³-hybridized carbons (Fsp3) is 0.500. The van der Waals surface area contributed by atoms with Crippen LogP contribution in [0.25, 0.3) is 0 Å². The van der Waals surface area contributed by atoms with Gasteiger partial charge in [0.1, 0.15) is 18.6 Å². The van der Waals surface area contributed by atoms with E-state index in [0.717, 1.165) is 0 Å². The molecule has 1 unspecified atom stereocenters. The lowest BCUT2D eigenvalue weighted by atomic mass is 9.97. The predicted octanol–water partition coefficient (Wildman–Crippen LogP) is 1.79. The van der Waals surface area contributed by atoms with Gasteiger partial charge in [0.25, 0.3) is 0 Å². The summed E-state index contributed by atoms with van der Waals surface area (Å²) in [6, 6.07) is 4.28. The van der Waals surface area contributed by atoms with Crippen LogP contribution in [-0.2, 0) is 14.4 Å². The summed E-state index contributed by atoms with van der Waals surface area (Å²) < 4.78 is 0. The summed E-state index contributed by atoms with van der Waals surface area (Å²) in [4.78, 5) is 50.4. The average molecular weight is 404 g/mol. The molecule has 0 aromatic heterocycles. The third-order valence-electron chi connectivity index (χ3n) is 5.02. The number of rotatable bonds is 7. The summed E-state index contributed by atoms with van der Waals surface area (Å²) >= 11 is 0. The topological polar surface area (TPSA) is 128 Å². The monoisotopic (exact) mass is 404 g/mol. The number of hydrogen-bond acceptors (Lipinski definition) is 4. The van der Waals surface area contributed by atoms with Crippen molar-refractivity contribution in [3.63, 3.8) is 0 Å². The number of hydrogen-bond donors (Lipinski definition) is 4. The van der Waals surface area contributed by atoms with E-state index in [1.165, 1.54) is 4.90 Å². The first kappa shape index (κ1) is 22.2. The van der Waals surface area contributed by atoms with E-state index in [1.54, 1.807) is 45.0 Å². The van der Waals surface area contributed by atoms with Crippen molar-refractivity contribution in [1.29, 1.82) is 0 Å². The van der Waals surface area contributed by atoms with Crippen LogP contribution in [0.3, 0.4) is 0 Å². The van der Waals surface area contributed by atoms with E-state index in [2.05, 4.69) is 16.0 Å². The standard InChI is InChI=1S/C20H28N4O5/c1-5-12(4)17(18(26)22-16(11(2)3)19(27)28)23-20(29)24-10-15(25)21-13-8-6-7-9-14(13)24/h6-9,11-12,16-17H,5,10H2,1-4H3,(H,21,25)(H,22,26)(H,23,29)(H,27,28)/t12?,16-,17-/m0/s1. The second-order valence-electron chi connectivity index (χ2n) is 7.53. The van der Waals surface area contributed by atoms with E-state index < -0.39 is 30.0 Å². The number of fused-ring (bicyclic) bond motifs is 1. The summed E-state index contributed by atoms with van der Waals surface area (Å²) in [6.07, 6.45) is 0.592. The van der Waals surface area contributed by atoms with Crippen LogP contribution in [0.4, 0.5) is 16.2 Å². The van der Waals surface area contributed by atoms with Gasteiger partial charge in [-0.25, -0.2) is 9.59 Å². The summed E-state index contributed by atoms with van der Waals surface area (Å²) in [5.74, 6) is -2.60. The number of aliphatic carboxylic acids is 1. The van der Waals surface area contributed by atoms with Gasteiger partial charge in [0.05, 0.1) is 11.4 Å². The van der Waals surface area contributed by atoms with E-state index in [-0.39, 0.29) is 24.3 Å². The van der Waals surface area contributed by atoms with Crippen LogP contribution in [0.1, 0.15) is 34.1 Å². The molecule has 1 aliphatic heterocycles. The van der Waals surface area contributed by atoms with Gasteiger partial charge in [-0.1, -0.05) is 46.2 Å². The third kappa shape index (κ3) is 5.24. The molecule has 1 aliphatic rings. The molecule has 0 saturated heterocycles. The van der Waals surface area contributed by atoms with Crippen molar-refractivity contribution in [3.8, 4) is 0 Å². The van der Waals surface area contributed by atoms with Crippen molar-refractivity contribution in [3.05, 3.63) is 24.3 Å². The van der Waals surface area contributed by atoms with Crippen molar-refractivity contribution >= 4 is 35.2 Å². The fourth-order valence-electron chi connectivity index (χ4n) is 3.08. The minimum atomic E-state index is -1.13. The number of carbonyl (C=O) groups is 4. The Balaban J connectivity index is 2.22. The SMILES string of the molecule is CCC(C)[C@H](NC(=O)N1CC(=O)Nc2ccccc21)C(=O)N[C@H](C(=O)O)C(C)C. The van der Waals surface area contributed by atoms with Gasteiger partial charge in [-0.3, -0.25) is 14.5 Å². The number of carboxylic acids is 1. The Morgan fingerprint density at radius 3 is 2.38 bits per heavy atom. The molecule has 2 rings (SSSR count). The molecule has 4 amide bonds. The van der Waals surface area contributed by atoms with E-state index in [0.29, 0.717) is 17.8 Å². The van der Waals surface area contributed by atoms with E-state index in [9.17, 15) is 24.3 Å². The Morgan fingerprint density at radius 2 is 1.79 bits per heavy atom. The highest BCUT2D eigenvalue weighted by atomic mass is 16.4. The lowest BCUT2D eigenvalue weighted by molar-refractivity contribution is -0.143. The van der Waals surface area contributed by atoms with Crippen molar-refractivity contribution in [2.24, 2.45) is 11.8 Å². The molecular weight excluding hydrogens is 376 g/mol. The second-order valence-corrected chi connectivity index (χ2v) is 7.53. The van der Waals surface area contributed by atoms with Gasteiger partial charge in [-0.05, 0) is 24.0 Å². The van der Waals surface area contributed by atoms with Gasteiger partial charge >= 0.3 is 12.0 Å². The number of carbonyl (C=O) groups excluding carboxylic acids is 3. The second kappa shape index (κ2) is 9.40. The number of benzene rings is 1. The van der Waals surface area contributed by atoms with Crippen LogP contribution in [0.15, 0.2) is 24.3 Å². The maximum atomic E-state index is 12.9. The Hall–Kier alpha value is -3.10. The molecule has 0 radical (unpaired) electrons. The molecule has 29 heavy (non-hydrogen) atoms. The zero-order valence-electron chi connectivity index (χ0n) is 17.1. The molecule has 9 nitrogen and oxygen atoms in total. The van der Waals surface area contributed by atoms with Gasteiger partial charge in [-0.2, -0.15) is 0 Å². The molecule has 1 aromatic carbocycles. The Kier molecular flexibility index (Phi) is 7.19. The molecule has 0 aliphatic carbocycles. The van der Waals surface area contributed by atoms with Gasteiger partial charge in [0.2, 0.25) is 11.8 Å². The van der Waals surface area contributed by atoms with Crippen LogP contribution in [0.5, 0.6) is 0 Å². The van der Waals surface area contributed by atoms with Crippen LogP contribution in [0.2, 0.25) is 0 Å². The molecule has 0 spiro atoms. The molecule has 1 aromatic rings. The number of nitrogens with zero attached hydrogens (tertiary/aromatic N) is 1. The van der Waals surface area contributed by atoms with Crippen LogP contribution in [-0.4, -0.2) is 47.5 Å². The molecule has 0 fully saturated rings. The van der Waals surface area contributed by atoms with Crippen molar-refractivity contribution in [2.45, 2.75) is 46.2 Å². The van der Waals surface area contributed by atoms with E-state index in [1.807, 2.05) is 6.92 Å². The van der Waals surface area contributed by atoms with E-state index in [4.69, 9.17) is 0 Å². The van der Waals surface area contributed by atoms with Gasteiger partial charge in [-0.15, -0.1) is 0 Å². The first-order valence-corrected chi connectivity index (χ1v) is 9.65. The molecule has 4 N–H and O–H groups in total. The quantitative estimate of drug-likeness (QED) is 0.551.